The third kappa shape index (κ3) is 3.55. The third-order valence-corrected chi connectivity index (χ3v) is 4.07. The van der Waals surface area contributed by atoms with Crippen LogP contribution in [-0.4, -0.2) is 24.5 Å². The molecule has 1 saturated heterocycles. The molecule has 0 amide bonds. The Morgan fingerprint density at radius 1 is 0.905 bits per heavy atom. The number of hydrogen-bond acceptors (Lipinski definition) is 1. The molecule has 1 heterocycles. The van der Waals surface area contributed by atoms with E-state index < -0.39 is 0 Å². The highest BCUT2D eigenvalue weighted by Gasteiger charge is 2.20. The monoisotopic (exact) mass is 299 g/mol. The average molecular weight is 300 g/mol. The minimum atomic E-state index is 0. The molecule has 0 aromatic heterocycles. The first-order chi connectivity index (χ1) is 9.88. The number of nitrogens with zero attached hydrogens (tertiary/aromatic N) is 1. The maximum absolute atomic E-state index is 2.52. The van der Waals surface area contributed by atoms with Crippen molar-refractivity contribution in [1.29, 1.82) is 0 Å². The second kappa shape index (κ2) is 7.44. The molecule has 0 saturated carbocycles. The summed E-state index contributed by atoms with van der Waals surface area (Å²) < 4.78 is 0. The molecule has 0 atom stereocenters. The van der Waals surface area contributed by atoms with E-state index in [1.807, 2.05) is 0 Å². The summed E-state index contributed by atoms with van der Waals surface area (Å²) in [6.07, 6.45) is 1.19. The zero-order valence-corrected chi connectivity index (χ0v) is 13.3. The number of rotatable bonds is 3. The van der Waals surface area contributed by atoms with E-state index in [2.05, 4.69) is 72.5 Å². The van der Waals surface area contributed by atoms with Crippen molar-refractivity contribution in [2.24, 2.45) is 0 Å². The predicted molar refractivity (Wildman–Crippen MR) is 92.9 cm³/mol. The highest BCUT2D eigenvalue weighted by atomic mass is 35.5. The van der Waals surface area contributed by atoms with Gasteiger partial charge in [-0.1, -0.05) is 67.6 Å². The molecular weight excluding hydrogens is 278 g/mol. The summed E-state index contributed by atoms with van der Waals surface area (Å²) in [5.41, 5.74) is 5.68. The second-order valence-electron chi connectivity index (χ2n) is 5.33. The van der Waals surface area contributed by atoms with Crippen LogP contribution in [0.2, 0.25) is 0 Å². The van der Waals surface area contributed by atoms with Crippen molar-refractivity contribution >= 4 is 18.0 Å². The zero-order chi connectivity index (χ0) is 13.8. The van der Waals surface area contributed by atoms with Crippen LogP contribution in [0.25, 0.3) is 5.57 Å². The SMILES string of the molecule is CCN1CCC(=C(c2ccccc2)c2ccccc2)C1.Cl. The van der Waals surface area contributed by atoms with Crippen molar-refractivity contribution in [1.82, 2.24) is 4.90 Å². The molecule has 2 aromatic rings. The summed E-state index contributed by atoms with van der Waals surface area (Å²) in [7, 11) is 0. The van der Waals surface area contributed by atoms with Gasteiger partial charge >= 0.3 is 0 Å². The molecular formula is C19H22ClN. The molecule has 0 aliphatic carbocycles. The van der Waals surface area contributed by atoms with Crippen molar-refractivity contribution < 1.29 is 0 Å². The van der Waals surface area contributed by atoms with Crippen LogP contribution in [0.3, 0.4) is 0 Å². The average Bonchev–Trinajstić information content (AvgIpc) is 2.98. The number of halogens is 1. The van der Waals surface area contributed by atoms with E-state index >= 15 is 0 Å². The molecule has 3 rings (SSSR count). The van der Waals surface area contributed by atoms with Gasteiger partial charge in [0.15, 0.2) is 0 Å². The van der Waals surface area contributed by atoms with Crippen LogP contribution in [0.1, 0.15) is 24.5 Å². The summed E-state index contributed by atoms with van der Waals surface area (Å²) in [6, 6.07) is 21.6. The van der Waals surface area contributed by atoms with Gasteiger partial charge in [0.25, 0.3) is 0 Å². The molecule has 0 unspecified atom stereocenters. The largest absolute Gasteiger partial charge is 0.299 e. The third-order valence-electron chi connectivity index (χ3n) is 4.07. The fourth-order valence-electron chi connectivity index (χ4n) is 2.98. The van der Waals surface area contributed by atoms with E-state index in [4.69, 9.17) is 0 Å². The van der Waals surface area contributed by atoms with E-state index in [1.165, 1.54) is 29.7 Å². The van der Waals surface area contributed by atoms with Crippen molar-refractivity contribution in [2.45, 2.75) is 13.3 Å². The zero-order valence-electron chi connectivity index (χ0n) is 12.5. The van der Waals surface area contributed by atoms with Crippen LogP contribution in [-0.2, 0) is 0 Å². The molecule has 1 fully saturated rings. The summed E-state index contributed by atoms with van der Waals surface area (Å²) >= 11 is 0. The van der Waals surface area contributed by atoms with E-state index in [0.29, 0.717) is 0 Å². The standard InChI is InChI=1S/C19H21N.ClH/c1-2-20-14-13-18(15-20)19(16-9-5-3-6-10-16)17-11-7-4-8-12-17;/h3-12H,2,13-15H2,1H3;1H. The van der Waals surface area contributed by atoms with Gasteiger partial charge in [0, 0.05) is 13.1 Å². The van der Waals surface area contributed by atoms with Crippen LogP contribution in [0, 0.1) is 0 Å². The topological polar surface area (TPSA) is 3.24 Å². The highest BCUT2D eigenvalue weighted by Crippen LogP contribution is 2.31. The van der Waals surface area contributed by atoms with Gasteiger partial charge < -0.3 is 0 Å². The minimum Gasteiger partial charge on any atom is -0.299 e. The molecule has 1 aliphatic rings. The van der Waals surface area contributed by atoms with Crippen LogP contribution < -0.4 is 0 Å². The van der Waals surface area contributed by atoms with Gasteiger partial charge in [0.1, 0.15) is 0 Å². The van der Waals surface area contributed by atoms with Crippen LogP contribution in [0.15, 0.2) is 66.2 Å². The molecule has 2 heteroatoms. The molecule has 2 aromatic carbocycles. The van der Waals surface area contributed by atoms with Gasteiger partial charge in [-0.15, -0.1) is 12.4 Å². The molecule has 1 aliphatic heterocycles. The summed E-state index contributed by atoms with van der Waals surface area (Å²) in [5, 5.41) is 0. The van der Waals surface area contributed by atoms with Crippen LogP contribution >= 0.6 is 12.4 Å². The Hall–Kier alpha value is -1.57. The van der Waals surface area contributed by atoms with Gasteiger partial charge in [0.05, 0.1) is 0 Å². The number of benzene rings is 2. The predicted octanol–water partition coefficient (Wildman–Crippen LogP) is 4.64. The Labute approximate surface area is 133 Å². The Bertz CT molecular complexity index is 548. The number of hydrogen-bond donors (Lipinski definition) is 0. The van der Waals surface area contributed by atoms with Gasteiger partial charge in [-0.05, 0) is 35.2 Å². The molecule has 21 heavy (non-hydrogen) atoms. The fraction of sp³-hybridized carbons (Fsp3) is 0.263. The first-order valence-electron chi connectivity index (χ1n) is 7.43. The van der Waals surface area contributed by atoms with Gasteiger partial charge in [-0.25, -0.2) is 0 Å². The van der Waals surface area contributed by atoms with Crippen LogP contribution in [0.4, 0.5) is 0 Å². The normalized spacial score (nSPS) is 14.8. The van der Waals surface area contributed by atoms with Gasteiger partial charge in [-0.3, -0.25) is 4.90 Å². The van der Waals surface area contributed by atoms with E-state index in [-0.39, 0.29) is 12.4 Å². The van der Waals surface area contributed by atoms with Crippen molar-refractivity contribution in [3.63, 3.8) is 0 Å². The second-order valence-corrected chi connectivity index (χ2v) is 5.33. The van der Waals surface area contributed by atoms with E-state index in [1.54, 1.807) is 5.57 Å². The Kier molecular flexibility index (Phi) is 5.60. The van der Waals surface area contributed by atoms with E-state index in [9.17, 15) is 0 Å². The fourth-order valence-corrected chi connectivity index (χ4v) is 2.98. The Morgan fingerprint density at radius 2 is 1.43 bits per heavy atom. The lowest BCUT2D eigenvalue weighted by atomic mass is 9.92. The number of likely N-dealkylation sites (tertiary alicyclic amines) is 1. The molecule has 0 bridgehead atoms. The Balaban J connectivity index is 0.00000161. The maximum Gasteiger partial charge on any atom is 0.0202 e. The summed E-state index contributed by atoms with van der Waals surface area (Å²) in [4.78, 5) is 2.52. The molecule has 0 radical (unpaired) electrons. The van der Waals surface area contributed by atoms with E-state index in [0.717, 1.165) is 13.1 Å². The van der Waals surface area contributed by atoms with Crippen LogP contribution in [0.5, 0.6) is 0 Å². The summed E-state index contributed by atoms with van der Waals surface area (Å²) in [6.45, 7) is 5.68. The minimum absolute atomic E-state index is 0. The smallest absolute Gasteiger partial charge is 0.0202 e. The first-order valence-corrected chi connectivity index (χ1v) is 7.43. The molecule has 1 nitrogen and oxygen atoms in total. The van der Waals surface area contributed by atoms with Crippen molar-refractivity contribution in [2.75, 3.05) is 19.6 Å². The van der Waals surface area contributed by atoms with Gasteiger partial charge in [-0.2, -0.15) is 0 Å². The maximum atomic E-state index is 2.52. The molecule has 0 spiro atoms. The van der Waals surface area contributed by atoms with Crippen molar-refractivity contribution in [3.05, 3.63) is 77.4 Å². The lowest BCUT2D eigenvalue weighted by molar-refractivity contribution is 0.365. The molecule has 0 N–H and O–H groups in total. The van der Waals surface area contributed by atoms with Gasteiger partial charge in [0.2, 0.25) is 0 Å². The molecule has 110 valence electrons. The Morgan fingerprint density at radius 3 is 1.86 bits per heavy atom. The number of likely N-dealkylation sites (N-methyl/N-ethyl adjacent to an activating group) is 1. The lowest BCUT2D eigenvalue weighted by Crippen LogP contribution is -2.18. The summed E-state index contributed by atoms with van der Waals surface area (Å²) in [5.74, 6) is 0. The quantitative estimate of drug-likeness (QED) is 0.798. The highest BCUT2D eigenvalue weighted by molar-refractivity contribution is 5.85. The van der Waals surface area contributed by atoms with Crippen molar-refractivity contribution in [3.8, 4) is 0 Å². The lowest BCUT2D eigenvalue weighted by Gasteiger charge is -2.14. The first kappa shape index (κ1) is 15.8.